The van der Waals surface area contributed by atoms with Crippen LogP contribution in [0.3, 0.4) is 0 Å². The van der Waals surface area contributed by atoms with Crippen LogP contribution in [0.15, 0.2) is 54.6 Å². The van der Waals surface area contributed by atoms with Gasteiger partial charge in [-0.25, -0.2) is 0 Å². The van der Waals surface area contributed by atoms with Crippen molar-refractivity contribution in [1.82, 2.24) is 5.32 Å². The summed E-state index contributed by atoms with van der Waals surface area (Å²) in [4.78, 5) is 23.8. The van der Waals surface area contributed by atoms with Crippen molar-refractivity contribution in [2.75, 3.05) is 0 Å². The Kier molecular flexibility index (Phi) is 8.02. The van der Waals surface area contributed by atoms with Gasteiger partial charge in [-0.3, -0.25) is 9.59 Å². The van der Waals surface area contributed by atoms with E-state index in [0.717, 1.165) is 11.1 Å². The number of aliphatic hydroxyl groups excluding tert-OH is 1. The van der Waals surface area contributed by atoms with Crippen LogP contribution in [0.2, 0.25) is 0 Å². The summed E-state index contributed by atoms with van der Waals surface area (Å²) >= 11 is 0. The van der Waals surface area contributed by atoms with E-state index in [1.807, 2.05) is 68.4 Å². The van der Waals surface area contributed by atoms with Gasteiger partial charge in [-0.15, -0.1) is 0 Å². The highest BCUT2D eigenvalue weighted by molar-refractivity contribution is 5.88. The molecule has 0 spiro atoms. The zero-order valence-electron chi connectivity index (χ0n) is 16.3. The number of nitrogens with two attached hydrogens (primary N) is 1. The fourth-order valence-corrected chi connectivity index (χ4v) is 2.74. The molecule has 0 unspecified atom stereocenters. The Morgan fingerprint density at radius 2 is 1.68 bits per heavy atom. The van der Waals surface area contributed by atoms with Gasteiger partial charge in [0.15, 0.2) is 0 Å². The van der Waals surface area contributed by atoms with Crippen LogP contribution in [0.4, 0.5) is 0 Å². The fourth-order valence-electron chi connectivity index (χ4n) is 2.74. The molecule has 0 aromatic heterocycles. The Morgan fingerprint density at radius 1 is 1.04 bits per heavy atom. The smallest absolute Gasteiger partial charge is 0.249 e. The Bertz CT molecular complexity index is 760. The van der Waals surface area contributed by atoms with E-state index in [4.69, 9.17) is 10.5 Å². The van der Waals surface area contributed by atoms with E-state index < -0.39 is 24.0 Å². The molecule has 0 saturated heterocycles. The SMILES string of the molecule is CC(C)C[C@@H](O)C(=O)N[C@H](Cc1ccc(OCc2ccccc2)cc1)C(N)=O. The normalized spacial score (nSPS) is 13.0. The lowest BCUT2D eigenvalue weighted by atomic mass is 10.0. The van der Waals surface area contributed by atoms with Gasteiger partial charge in [-0.05, 0) is 35.6 Å². The monoisotopic (exact) mass is 384 g/mol. The molecular weight excluding hydrogens is 356 g/mol. The summed E-state index contributed by atoms with van der Waals surface area (Å²) in [5.74, 6) is -0.356. The molecule has 6 heteroatoms. The average molecular weight is 384 g/mol. The quantitative estimate of drug-likeness (QED) is 0.584. The molecule has 150 valence electrons. The number of aliphatic hydroxyl groups is 1. The van der Waals surface area contributed by atoms with Gasteiger partial charge < -0.3 is 20.9 Å². The Balaban J connectivity index is 1.92. The summed E-state index contributed by atoms with van der Waals surface area (Å²) in [6, 6.07) is 16.2. The zero-order chi connectivity index (χ0) is 20.5. The first-order chi connectivity index (χ1) is 13.3. The van der Waals surface area contributed by atoms with Crippen LogP contribution >= 0.6 is 0 Å². The molecule has 0 heterocycles. The molecule has 6 nitrogen and oxygen atoms in total. The standard InChI is InChI=1S/C22H28N2O4/c1-15(2)12-20(25)22(27)24-19(21(23)26)13-16-8-10-18(11-9-16)28-14-17-6-4-3-5-7-17/h3-11,15,19-20,25H,12-14H2,1-2H3,(H2,23,26)(H,24,27)/t19-,20-/m1/s1. The van der Waals surface area contributed by atoms with Gasteiger partial charge in [0.05, 0.1) is 0 Å². The molecular formula is C22H28N2O4. The molecule has 0 aliphatic heterocycles. The maximum absolute atomic E-state index is 12.1. The lowest BCUT2D eigenvalue weighted by Gasteiger charge is -2.19. The van der Waals surface area contributed by atoms with Gasteiger partial charge in [0, 0.05) is 6.42 Å². The topological polar surface area (TPSA) is 102 Å². The van der Waals surface area contributed by atoms with E-state index in [2.05, 4.69) is 5.32 Å². The van der Waals surface area contributed by atoms with E-state index in [-0.39, 0.29) is 12.3 Å². The third-order valence-corrected chi connectivity index (χ3v) is 4.27. The summed E-state index contributed by atoms with van der Waals surface area (Å²) < 4.78 is 5.74. The summed E-state index contributed by atoms with van der Waals surface area (Å²) in [7, 11) is 0. The number of benzene rings is 2. The number of hydrogen-bond donors (Lipinski definition) is 3. The maximum Gasteiger partial charge on any atom is 0.249 e. The van der Waals surface area contributed by atoms with Gasteiger partial charge in [0.1, 0.15) is 24.5 Å². The Hall–Kier alpha value is -2.86. The zero-order valence-corrected chi connectivity index (χ0v) is 16.3. The van der Waals surface area contributed by atoms with E-state index in [1.54, 1.807) is 0 Å². The number of amides is 2. The van der Waals surface area contributed by atoms with Crippen LogP contribution in [0.5, 0.6) is 5.75 Å². The van der Waals surface area contributed by atoms with Gasteiger partial charge in [-0.1, -0.05) is 56.3 Å². The number of nitrogens with one attached hydrogen (secondary N) is 1. The van der Waals surface area contributed by atoms with Crippen molar-refractivity contribution in [1.29, 1.82) is 0 Å². The molecule has 0 bridgehead atoms. The van der Waals surface area contributed by atoms with Crippen LogP contribution in [0, 0.1) is 5.92 Å². The molecule has 4 N–H and O–H groups in total. The minimum absolute atomic E-state index is 0.163. The van der Waals surface area contributed by atoms with Crippen molar-refractivity contribution < 1.29 is 19.4 Å². The lowest BCUT2D eigenvalue weighted by Crippen LogP contribution is -2.49. The third-order valence-electron chi connectivity index (χ3n) is 4.27. The molecule has 0 saturated carbocycles. The second-order valence-electron chi connectivity index (χ2n) is 7.23. The molecule has 0 aliphatic carbocycles. The summed E-state index contributed by atoms with van der Waals surface area (Å²) in [6.07, 6.45) is -0.588. The number of rotatable bonds is 10. The van der Waals surface area contributed by atoms with Crippen LogP contribution < -0.4 is 15.8 Å². The molecule has 0 fully saturated rings. The van der Waals surface area contributed by atoms with E-state index in [1.165, 1.54) is 0 Å². The average Bonchev–Trinajstić information content (AvgIpc) is 2.67. The highest BCUT2D eigenvalue weighted by Crippen LogP contribution is 2.15. The minimum atomic E-state index is -1.16. The molecule has 0 radical (unpaired) electrons. The largest absolute Gasteiger partial charge is 0.489 e. The highest BCUT2D eigenvalue weighted by Gasteiger charge is 2.23. The molecule has 0 aliphatic rings. The number of hydrogen-bond acceptors (Lipinski definition) is 4. The molecule has 2 aromatic carbocycles. The highest BCUT2D eigenvalue weighted by atomic mass is 16.5. The van der Waals surface area contributed by atoms with Crippen molar-refractivity contribution in [2.24, 2.45) is 11.7 Å². The van der Waals surface area contributed by atoms with Crippen LogP contribution in [-0.4, -0.2) is 29.1 Å². The summed E-state index contributed by atoms with van der Waals surface area (Å²) in [5.41, 5.74) is 7.32. The number of primary amides is 1. The first kappa shape index (κ1) is 21.4. The van der Waals surface area contributed by atoms with E-state index >= 15 is 0 Å². The van der Waals surface area contributed by atoms with Crippen LogP contribution in [0.1, 0.15) is 31.4 Å². The molecule has 2 amide bonds. The van der Waals surface area contributed by atoms with Crippen molar-refractivity contribution in [2.45, 2.75) is 45.4 Å². The number of carbonyl (C=O) groups is 2. The van der Waals surface area contributed by atoms with E-state index in [0.29, 0.717) is 18.8 Å². The van der Waals surface area contributed by atoms with Gasteiger partial charge in [0.2, 0.25) is 11.8 Å². The van der Waals surface area contributed by atoms with E-state index in [9.17, 15) is 14.7 Å². The van der Waals surface area contributed by atoms with Crippen molar-refractivity contribution in [3.8, 4) is 5.75 Å². The number of ether oxygens (including phenoxy) is 1. The van der Waals surface area contributed by atoms with Gasteiger partial charge >= 0.3 is 0 Å². The summed E-state index contributed by atoms with van der Waals surface area (Å²) in [5, 5.41) is 12.4. The Labute approximate surface area is 165 Å². The van der Waals surface area contributed by atoms with Crippen molar-refractivity contribution in [3.05, 3.63) is 65.7 Å². The first-order valence-corrected chi connectivity index (χ1v) is 9.38. The van der Waals surface area contributed by atoms with Crippen molar-refractivity contribution >= 4 is 11.8 Å². The second-order valence-corrected chi connectivity index (χ2v) is 7.23. The fraction of sp³-hybridized carbons (Fsp3) is 0.364. The lowest BCUT2D eigenvalue weighted by molar-refractivity contribution is -0.133. The Morgan fingerprint density at radius 3 is 2.25 bits per heavy atom. The second kappa shape index (κ2) is 10.5. The van der Waals surface area contributed by atoms with Crippen molar-refractivity contribution in [3.63, 3.8) is 0 Å². The minimum Gasteiger partial charge on any atom is -0.489 e. The summed E-state index contributed by atoms with van der Waals surface area (Å²) in [6.45, 7) is 4.28. The first-order valence-electron chi connectivity index (χ1n) is 9.38. The van der Waals surface area contributed by atoms with Crippen LogP contribution in [0.25, 0.3) is 0 Å². The van der Waals surface area contributed by atoms with Gasteiger partial charge in [0.25, 0.3) is 0 Å². The molecule has 2 atom stereocenters. The predicted molar refractivity (Wildman–Crippen MR) is 108 cm³/mol. The molecule has 28 heavy (non-hydrogen) atoms. The predicted octanol–water partition coefficient (Wildman–Crippen LogP) is 2.19. The van der Waals surface area contributed by atoms with Crippen LogP contribution in [-0.2, 0) is 22.6 Å². The maximum atomic E-state index is 12.1. The third kappa shape index (κ3) is 7.04. The number of carbonyl (C=O) groups excluding carboxylic acids is 2. The molecule has 2 rings (SSSR count). The molecule has 2 aromatic rings. The van der Waals surface area contributed by atoms with Gasteiger partial charge in [-0.2, -0.15) is 0 Å².